The molecular formula is C32H51N11O15S3. The lowest BCUT2D eigenvalue weighted by atomic mass is 10.3. The van der Waals surface area contributed by atoms with Gasteiger partial charge in [-0.2, -0.15) is 0 Å². The number of primary amides is 1. The molecule has 3 atom stereocenters. The van der Waals surface area contributed by atoms with Crippen molar-refractivity contribution in [3.8, 4) is 0 Å². The van der Waals surface area contributed by atoms with Crippen LogP contribution >= 0.6 is 33.3 Å². The van der Waals surface area contributed by atoms with Crippen LogP contribution < -0.4 is 58.9 Å². The molecule has 11 amide bonds. The molecule has 2 aliphatic rings. The average Bonchev–Trinajstić information content (AvgIpc) is 3.22. The summed E-state index contributed by atoms with van der Waals surface area (Å²) in [6.45, 7) is -2.05. The molecule has 0 aromatic heterocycles. The summed E-state index contributed by atoms with van der Waals surface area (Å²) in [6.07, 6.45) is 0. The number of carbonyl (C=O) groups excluding carboxylic acids is 11. The molecule has 2 fully saturated rings. The normalized spacial score (nSPS) is 20.8. The van der Waals surface area contributed by atoms with Crippen LogP contribution in [0.2, 0.25) is 0 Å². The molecule has 0 saturated carbocycles. The van der Waals surface area contributed by atoms with Crippen LogP contribution in [0.25, 0.3) is 0 Å². The smallest absolute Gasteiger partial charge is 0.254 e. The van der Waals surface area contributed by atoms with Gasteiger partial charge in [-0.25, -0.2) is 0 Å². The van der Waals surface area contributed by atoms with E-state index in [1.54, 1.807) is 0 Å². The number of fused-ring (bicyclic) bond motifs is 4. The molecule has 12 N–H and O–H groups in total. The Balaban J connectivity index is 1.90. The van der Waals surface area contributed by atoms with Gasteiger partial charge in [0.2, 0.25) is 59.1 Å². The Hall–Kier alpha value is -4.94. The van der Waals surface area contributed by atoms with Gasteiger partial charge in [-0.3, -0.25) is 52.7 Å². The van der Waals surface area contributed by atoms with Crippen LogP contribution in [0, 0.1) is 0 Å². The number of nitrogens with one attached hydrogen (secondary N) is 10. The van der Waals surface area contributed by atoms with E-state index in [1.807, 2.05) is 0 Å². The van der Waals surface area contributed by atoms with Crippen molar-refractivity contribution in [2.45, 2.75) is 17.5 Å². The molecule has 26 nitrogen and oxygen atoms in total. The van der Waals surface area contributed by atoms with Crippen molar-refractivity contribution in [3.05, 3.63) is 0 Å². The number of hydrogen-bond acceptors (Lipinski definition) is 18. The summed E-state index contributed by atoms with van der Waals surface area (Å²) < 4.78 is 21.0. The van der Waals surface area contributed by atoms with E-state index in [9.17, 15) is 52.7 Å². The van der Waals surface area contributed by atoms with Crippen LogP contribution in [-0.2, 0) is 71.7 Å². The first kappa shape index (κ1) is 52.2. The number of hydrogen-bond donors (Lipinski definition) is 11. The maximum absolute atomic E-state index is 13.2. The quantitative estimate of drug-likeness (QED) is 0.0477. The minimum Gasteiger partial charge on any atom is -0.377 e. The standard InChI is InChI=1S/C32H51N11O15S3/c33-21(44)14-58-15-27(50)34-1-3-55-5-7-57-8-6-56-4-2-35-29(52)19-16-59-18-28(51)38-12-26(49)43-32-31(54)40-10-23(46)36-9-22(45)37-11-24(47)42-20(17-60-61-32)30(53)39-13-25(48)41-19/h19-20,32H,1-18H2,(H2,33,44)(H,34,50)(H,35,52)(H,36,46)(H,37,45)(H,38,51)(H,39,53)(H,40,54)(H,41,48)(H,42,47)(H,43,49). The second-order valence-electron chi connectivity index (χ2n) is 12.3. The zero-order chi connectivity index (χ0) is 44.8. The third kappa shape index (κ3) is 25.4. The summed E-state index contributed by atoms with van der Waals surface area (Å²) in [6, 6.07) is -2.50. The first-order valence-electron chi connectivity index (χ1n) is 18.5. The van der Waals surface area contributed by atoms with Gasteiger partial charge in [0.25, 0.3) is 5.91 Å². The molecule has 2 heterocycles. The molecule has 3 unspecified atom stereocenters. The maximum atomic E-state index is 13.2. The van der Waals surface area contributed by atoms with Gasteiger partial charge >= 0.3 is 0 Å². The summed E-state index contributed by atoms with van der Waals surface area (Å²) >= 11 is 0.959. The molecule has 2 saturated heterocycles. The van der Waals surface area contributed by atoms with Crippen LogP contribution in [0.15, 0.2) is 0 Å². The van der Waals surface area contributed by atoms with Gasteiger partial charge in [0.1, 0.15) is 25.3 Å². The van der Waals surface area contributed by atoms with Crippen LogP contribution in [-0.4, -0.2) is 198 Å². The molecule has 0 aliphatic carbocycles. The molecule has 0 radical (unpaired) electrons. The van der Waals surface area contributed by atoms with Gasteiger partial charge in [-0.1, -0.05) is 21.6 Å². The van der Waals surface area contributed by atoms with Crippen LogP contribution in [0.3, 0.4) is 0 Å². The first-order valence-corrected chi connectivity index (χ1v) is 22.0. The molecule has 0 aromatic carbocycles. The predicted octanol–water partition coefficient (Wildman–Crippen LogP) is -8.09. The molecule has 2 aliphatic heterocycles. The number of thioether (sulfide) groups is 1. The van der Waals surface area contributed by atoms with Crippen molar-refractivity contribution in [1.82, 2.24) is 53.2 Å². The van der Waals surface area contributed by atoms with E-state index in [-0.39, 0.29) is 83.2 Å². The fourth-order valence-corrected chi connectivity index (χ4v) is 7.63. The van der Waals surface area contributed by atoms with Crippen LogP contribution in [0.5, 0.6) is 0 Å². The maximum Gasteiger partial charge on any atom is 0.254 e. The summed E-state index contributed by atoms with van der Waals surface area (Å²) in [7, 11) is 1.66. The molecular weight excluding hydrogens is 875 g/mol. The van der Waals surface area contributed by atoms with E-state index in [2.05, 4.69) is 53.2 Å². The zero-order valence-corrected chi connectivity index (χ0v) is 35.3. The van der Waals surface area contributed by atoms with Gasteiger partial charge < -0.3 is 77.8 Å². The number of nitrogens with two attached hydrogens (primary N) is 1. The summed E-state index contributed by atoms with van der Waals surface area (Å²) in [5.41, 5.74) is 4.92. The van der Waals surface area contributed by atoms with E-state index < -0.39 is 115 Å². The fourth-order valence-electron chi connectivity index (χ4n) is 4.36. The Morgan fingerprint density at radius 3 is 1.75 bits per heavy atom. The Labute approximate surface area is 361 Å². The van der Waals surface area contributed by atoms with E-state index >= 15 is 0 Å². The highest BCUT2D eigenvalue weighted by Gasteiger charge is 2.28. The third-order valence-corrected chi connectivity index (χ3v) is 10.8. The molecule has 2 rings (SSSR count). The van der Waals surface area contributed by atoms with Crippen molar-refractivity contribution in [3.63, 3.8) is 0 Å². The lowest BCUT2D eigenvalue weighted by Gasteiger charge is -2.21. The lowest BCUT2D eigenvalue weighted by molar-refractivity contribution is -0.131. The van der Waals surface area contributed by atoms with E-state index in [1.165, 1.54) is 0 Å². The predicted molar refractivity (Wildman–Crippen MR) is 217 cm³/mol. The highest BCUT2D eigenvalue weighted by atomic mass is 33.1. The Bertz CT molecular complexity index is 1550. The molecule has 0 spiro atoms. The van der Waals surface area contributed by atoms with Gasteiger partial charge in [-0.05, 0) is 0 Å². The number of amides is 11. The SMILES string of the molecule is NC(=O)COCC(=O)NCCOCCOCCOCCNC(=O)C1CSCC(=O)NCC(=O)NC2SSCC(NC(=O)CNC(=O)CNC(=O)CNC2=O)C(=O)NCC(=O)N1. The van der Waals surface area contributed by atoms with Crippen molar-refractivity contribution in [2.75, 3.05) is 116 Å². The minimum atomic E-state index is -1.34. The van der Waals surface area contributed by atoms with Crippen molar-refractivity contribution >= 4 is 98.3 Å². The third-order valence-electron chi connectivity index (χ3n) is 7.27. The van der Waals surface area contributed by atoms with Gasteiger partial charge in [0.15, 0.2) is 5.37 Å². The van der Waals surface area contributed by atoms with Crippen molar-refractivity contribution in [1.29, 1.82) is 0 Å². The van der Waals surface area contributed by atoms with Gasteiger partial charge in [0, 0.05) is 24.6 Å². The second-order valence-corrected chi connectivity index (χ2v) is 15.8. The summed E-state index contributed by atoms with van der Waals surface area (Å²) in [4.78, 5) is 136. The van der Waals surface area contributed by atoms with Crippen LogP contribution in [0.1, 0.15) is 0 Å². The number of carbonyl (C=O) groups is 11. The minimum absolute atomic E-state index is 0.0357. The zero-order valence-electron chi connectivity index (χ0n) is 32.9. The van der Waals surface area contributed by atoms with E-state index in [4.69, 9.17) is 24.7 Å². The largest absolute Gasteiger partial charge is 0.377 e. The summed E-state index contributed by atoms with van der Waals surface area (Å²) in [5, 5.41) is 22.8. The van der Waals surface area contributed by atoms with Gasteiger partial charge in [-0.15, -0.1) is 11.8 Å². The molecule has 2 bridgehead atoms. The summed E-state index contributed by atoms with van der Waals surface area (Å²) in [5.74, 6) is -8.35. The van der Waals surface area contributed by atoms with Crippen molar-refractivity contribution < 1.29 is 71.7 Å². The fraction of sp³-hybridized carbons (Fsp3) is 0.656. The number of rotatable bonds is 17. The highest BCUT2D eigenvalue weighted by Crippen LogP contribution is 2.26. The topological polar surface area (TPSA) is 371 Å². The Morgan fingerprint density at radius 1 is 0.574 bits per heavy atom. The highest BCUT2D eigenvalue weighted by molar-refractivity contribution is 8.77. The van der Waals surface area contributed by atoms with E-state index in [0.29, 0.717) is 0 Å². The van der Waals surface area contributed by atoms with Crippen molar-refractivity contribution in [2.24, 2.45) is 5.73 Å². The Kier molecular flexibility index (Phi) is 26.5. The second kappa shape index (κ2) is 31.0. The molecule has 61 heavy (non-hydrogen) atoms. The van der Waals surface area contributed by atoms with Gasteiger partial charge in [0.05, 0.1) is 78.1 Å². The molecule has 0 aromatic rings. The average molecular weight is 926 g/mol. The Morgan fingerprint density at radius 2 is 1.10 bits per heavy atom. The van der Waals surface area contributed by atoms with E-state index in [0.717, 1.165) is 33.3 Å². The number of ether oxygens (including phenoxy) is 4. The monoisotopic (exact) mass is 925 g/mol. The molecule has 342 valence electrons. The van der Waals surface area contributed by atoms with Crippen LogP contribution in [0.4, 0.5) is 0 Å². The first-order chi connectivity index (χ1) is 29.2. The molecule has 29 heteroatoms. The lowest BCUT2D eigenvalue weighted by Crippen LogP contribution is -2.54.